The Morgan fingerprint density at radius 3 is 2.78 bits per heavy atom. The molecule has 3 N–H and O–H groups in total. The Balaban J connectivity index is 1.97. The number of aliphatic imine (C=N–C) groups is 1. The summed E-state index contributed by atoms with van der Waals surface area (Å²) in [5.41, 5.74) is 5.76. The normalized spacial score (nSPS) is 18.9. The van der Waals surface area contributed by atoms with Gasteiger partial charge in [0.25, 0.3) is 0 Å². The second-order valence-electron chi connectivity index (χ2n) is 5.39. The van der Waals surface area contributed by atoms with Gasteiger partial charge in [0, 0.05) is 11.6 Å². The predicted octanol–water partition coefficient (Wildman–Crippen LogP) is 2.62. The fourth-order valence-corrected chi connectivity index (χ4v) is 3.06. The standard InChI is InChI=1S/C13H22N4S/c1-13(2,11-15-8-9-18-11)17-12(14)16-10-6-4-3-5-7-10/h8-10H,3-7H2,1-2H3,(H3,14,16,17). The number of hydrogen-bond donors (Lipinski definition) is 2. The highest BCUT2D eigenvalue weighted by atomic mass is 32.1. The van der Waals surface area contributed by atoms with Crippen LogP contribution in [0.2, 0.25) is 0 Å². The largest absolute Gasteiger partial charge is 0.370 e. The first kappa shape index (κ1) is 13.3. The van der Waals surface area contributed by atoms with E-state index in [0.29, 0.717) is 12.0 Å². The van der Waals surface area contributed by atoms with Gasteiger partial charge in [-0.3, -0.25) is 4.99 Å². The van der Waals surface area contributed by atoms with Crippen molar-refractivity contribution in [2.24, 2.45) is 10.7 Å². The molecule has 100 valence electrons. The van der Waals surface area contributed by atoms with E-state index in [0.717, 1.165) is 5.01 Å². The van der Waals surface area contributed by atoms with Crippen molar-refractivity contribution < 1.29 is 0 Å². The van der Waals surface area contributed by atoms with Crippen molar-refractivity contribution in [2.75, 3.05) is 0 Å². The van der Waals surface area contributed by atoms with Gasteiger partial charge in [-0.25, -0.2) is 4.98 Å². The summed E-state index contributed by atoms with van der Waals surface area (Å²) in [7, 11) is 0. The molecule has 1 aliphatic rings. The maximum atomic E-state index is 6.01. The first-order chi connectivity index (χ1) is 8.58. The van der Waals surface area contributed by atoms with E-state index in [1.165, 1.54) is 32.1 Å². The minimum atomic E-state index is -0.254. The minimum absolute atomic E-state index is 0.254. The summed E-state index contributed by atoms with van der Waals surface area (Å²) in [6.45, 7) is 4.16. The number of hydrogen-bond acceptors (Lipinski definition) is 3. The zero-order chi connectivity index (χ0) is 13.0. The molecule has 1 fully saturated rings. The van der Waals surface area contributed by atoms with Gasteiger partial charge >= 0.3 is 0 Å². The third-order valence-electron chi connectivity index (χ3n) is 3.30. The second kappa shape index (κ2) is 5.69. The SMILES string of the molecule is CC(C)(NC(N)=NC1CCCCC1)c1nccs1. The van der Waals surface area contributed by atoms with E-state index in [2.05, 4.69) is 29.1 Å². The Morgan fingerprint density at radius 1 is 1.44 bits per heavy atom. The van der Waals surface area contributed by atoms with Gasteiger partial charge in [-0.2, -0.15) is 0 Å². The first-order valence-corrected chi connectivity index (χ1v) is 7.47. The summed E-state index contributed by atoms with van der Waals surface area (Å²) in [6.07, 6.45) is 8.04. The zero-order valence-electron chi connectivity index (χ0n) is 11.1. The van der Waals surface area contributed by atoms with E-state index in [1.54, 1.807) is 11.3 Å². The average Bonchev–Trinajstić information content (AvgIpc) is 2.83. The van der Waals surface area contributed by atoms with Crippen molar-refractivity contribution in [2.45, 2.75) is 57.5 Å². The van der Waals surface area contributed by atoms with Gasteiger partial charge < -0.3 is 11.1 Å². The van der Waals surface area contributed by atoms with Crippen LogP contribution < -0.4 is 11.1 Å². The molecular formula is C13H22N4S. The van der Waals surface area contributed by atoms with Crippen LogP contribution in [-0.4, -0.2) is 17.0 Å². The van der Waals surface area contributed by atoms with E-state index in [-0.39, 0.29) is 5.54 Å². The molecule has 1 aromatic rings. The van der Waals surface area contributed by atoms with Crippen LogP contribution in [0.4, 0.5) is 0 Å². The molecule has 0 amide bonds. The molecule has 2 rings (SSSR count). The number of thiazole rings is 1. The lowest BCUT2D eigenvalue weighted by Gasteiger charge is -2.26. The topological polar surface area (TPSA) is 63.3 Å². The molecule has 0 atom stereocenters. The monoisotopic (exact) mass is 266 g/mol. The Hall–Kier alpha value is -1.10. The Morgan fingerprint density at radius 2 is 2.17 bits per heavy atom. The highest BCUT2D eigenvalue weighted by molar-refractivity contribution is 7.09. The van der Waals surface area contributed by atoms with Crippen molar-refractivity contribution in [3.63, 3.8) is 0 Å². The molecule has 4 nitrogen and oxygen atoms in total. The molecule has 0 saturated heterocycles. The van der Waals surface area contributed by atoms with E-state index in [1.807, 2.05) is 11.6 Å². The highest BCUT2D eigenvalue weighted by Gasteiger charge is 2.24. The fraction of sp³-hybridized carbons (Fsp3) is 0.692. The van der Waals surface area contributed by atoms with Crippen LogP contribution in [0, 0.1) is 0 Å². The molecule has 0 spiro atoms. The second-order valence-corrected chi connectivity index (χ2v) is 6.29. The zero-order valence-corrected chi connectivity index (χ0v) is 12.0. The molecule has 0 bridgehead atoms. The molecule has 1 saturated carbocycles. The van der Waals surface area contributed by atoms with Gasteiger partial charge in [0.1, 0.15) is 5.01 Å². The van der Waals surface area contributed by atoms with Gasteiger partial charge in [-0.15, -0.1) is 11.3 Å². The Kier molecular flexibility index (Phi) is 4.22. The molecule has 18 heavy (non-hydrogen) atoms. The number of guanidine groups is 1. The molecule has 1 aromatic heterocycles. The molecule has 5 heteroatoms. The molecule has 0 radical (unpaired) electrons. The summed E-state index contributed by atoms with van der Waals surface area (Å²) >= 11 is 1.63. The van der Waals surface area contributed by atoms with E-state index >= 15 is 0 Å². The summed E-state index contributed by atoms with van der Waals surface area (Å²) in [4.78, 5) is 8.92. The highest BCUT2D eigenvalue weighted by Crippen LogP contribution is 2.23. The lowest BCUT2D eigenvalue weighted by molar-refractivity contribution is 0.434. The van der Waals surface area contributed by atoms with E-state index < -0.39 is 0 Å². The molecular weight excluding hydrogens is 244 g/mol. The van der Waals surface area contributed by atoms with Crippen LogP contribution in [0.15, 0.2) is 16.6 Å². The molecule has 1 aliphatic carbocycles. The lowest BCUT2D eigenvalue weighted by atomic mass is 9.96. The number of nitrogens with one attached hydrogen (secondary N) is 1. The minimum Gasteiger partial charge on any atom is -0.370 e. The molecule has 0 unspecified atom stereocenters. The summed E-state index contributed by atoms with van der Waals surface area (Å²) < 4.78 is 0. The quantitative estimate of drug-likeness (QED) is 0.653. The van der Waals surface area contributed by atoms with E-state index in [9.17, 15) is 0 Å². The van der Waals surface area contributed by atoms with Crippen molar-refractivity contribution in [3.8, 4) is 0 Å². The van der Waals surface area contributed by atoms with Crippen molar-refractivity contribution in [1.82, 2.24) is 10.3 Å². The van der Waals surface area contributed by atoms with Crippen molar-refractivity contribution in [3.05, 3.63) is 16.6 Å². The Bertz CT molecular complexity index is 391. The summed E-state index contributed by atoms with van der Waals surface area (Å²) in [5.74, 6) is 0.544. The van der Waals surface area contributed by atoms with Gasteiger partial charge in [0.2, 0.25) is 0 Å². The summed E-state index contributed by atoms with van der Waals surface area (Å²) in [5, 5.41) is 6.29. The number of rotatable bonds is 3. The molecule has 0 aliphatic heterocycles. The van der Waals surface area contributed by atoms with E-state index in [4.69, 9.17) is 5.73 Å². The smallest absolute Gasteiger partial charge is 0.189 e. The average molecular weight is 266 g/mol. The molecule has 1 heterocycles. The third kappa shape index (κ3) is 3.45. The maximum Gasteiger partial charge on any atom is 0.189 e. The van der Waals surface area contributed by atoms with Gasteiger partial charge in [0.05, 0.1) is 11.6 Å². The van der Waals surface area contributed by atoms with Crippen LogP contribution in [0.5, 0.6) is 0 Å². The fourth-order valence-electron chi connectivity index (χ4n) is 2.34. The van der Waals surface area contributed by atoms with Crippen LogP contribution in [0.25, 0.3) is 0 Å². The van der Waals surface area contributed by atoms with Gasteiger partial charge in [-0.1, -0.05) is 19.3 Å². The lowest BCUT2D eigenvalue weighted by Crippen LogP contribution is -2.45. The van der Waals surface area contributed by atoms with Gasteiger partial charge in [-0.05, 0) is 26.7 Å². The summed E-state index contributed by atoms with van der Waals surface area (Å²) in [6, 6.07) is 0.401. The first-order valence-electron chi connectivity index (χ1n) is 6.59. The predicted molar refractivity (Wildman–Crippen MR) is 76.8 cm³/mol. The molecule has 0 aromatic carbocycles. The van der Waals surface area contributed by atoms with Gasteiger partial charge in [0.15, 0.2) is 5.96 Å². The number of nitrogens with zero attached hydrogens (tertiary/aromatic N) is 2. The number of aromatic nitrogens is 1. The third-order valence-corrected chi connectivity index (χ3v) is 4.40. The maximum absolute atomic E-state index is 6.01. The Labute approximate surface area is 113 Å². The van der Waals surface area contributed by atoms with Crippen LogP contribution in [0.3, 0.4) is 0 Å². The van der Waals surface area contributed by atoms with Crippen LogP contribution in [0.1, 0.15) is 51.0 Å². The van der Waals surface area contributed by atoms with Crippen molar-refractivity contribution >= 4 is 17.3 Å². The number of nitrogens with two attached hydrogens (primary N) is 1. The van der Waals surface area contributed by atoms with Crippen LogP contribution in [-0.2, 0) is 5.54 Å². The van der Waals surface area contributed by atoms with Crippen LogP contribution >= 0.6 is 11.3 Å². The van der Waals surface area contributed by atoms with Crippen molar-refractivity contribution in [1.29, 1.82) is 0 Å².